The number of hydrogen-bond donors (Lipinski definition) is 1. The molecule has 0 radical (unpaired) electrons. The number of hydrogen-bond acceptors (Lipinski definition) is 4. The second kappa shape index (κ2) is 6.78. The van der Waals surface area contributed by atoms with Gasteiger partial charge < -0.3 is 10.5 Å². The van der Waals surface area contributed by atoms with Crippen molar-refractivity contribution in [3.63, 3.8) is 0 Å². The molecule has 0 bridgehead atoms. The van der Waals surface area contributed by atoms with E-state index in [0.717, 1.165) is 16.4 Å². The molecule has 0 unspecified atom stereocenters. The Hall–Kier alpha value is -1.51. The van der Waals surface area contributed by atoms with Crippen LogP contribution in [0.4, 0.5) is 14.5 Å². The zero-order valence-electron chi connectivity index (χ0n) is 11.0. The van der Waals surface area contributed by atoms with Gasteiger partial charge >= 0.3 is 0 Å². The standard InChI is InChI=1S/C12H16F2N2O3S/c1-3-4-16(5-6-19-2)20(17,18)12-10(13)7-9(15)8-11(12)14/h3,7-8H,1,4-6,15H2,2H3. The molecule has 112 valence electrons. The minimum Gasteiger partial charge on any atom is -0.399 e. The lowest BCUT2D eigenvalue weighted by Gasteiger charge is -2.21. The van der Waals surface area contributed by atoms with E-state index in [0.29, 0.717) is 0 Å². The SMILES string of the molecule is C=CCN(CCOC)S(=O)(=O)c1c(F)cc(N)cc1F. The van der Waals surface area contributed by atoms with Gasteiger partial charge in [0.2, 0.25) is 10.0 Å². The number of sulfonamides is 1. The Morgan fingerprint density at radius 2 is 1.95 bits per heavy atom. The topological polar surface area (TPSA) is 72.6 Å². The summed E-state index contributed by atoms with van der Waals surface area (Å²) >= 11 is 0. The quantitative estimate of drug-likeness (QED) is 0.610. The summed E-state index contributed by atoms with van der Waals surface area (Å²) in [6.07, 6.45) is 1.32. The first-order valence-corrected chi connectivity index (χ1v) is 7.13. The maximum absolute atomic E-state index is 13.7. The minimum absolute atomic E-state index is 0.0475. The van der Waals surface area contributed by atoms with E-state index in [-0.39, 0.29) is 25.4 Å². The third-order valence-electron chi connectivity index (χ3n) is 2.50. The monoisotopic (exact) mass is 306 g/mol. The number of halogens is 2. The predicted octanol–water partition coefficient (Wildman–Crippen LogP) is 1.37. The maximum Gasteiger partial charge on any atom is 0.249 e. The summed E-state index contributed by atoms with van der Waals surface area (Å²) < 4.78 is 57.7. The summed E-state index contributed by atoms with van der Waals surface area (Å²) in [6.45, 7) is 3.37. The van der Waals surface area contributed by atoms with Crippen LogP contribution in [0, 0.1) is 11.6 Å². The number of ether oxygens (including phenoxy) is 1. The van der Waals surface area contributed by atoms with E-state index in [9.17, 15) is 17.2 Å². The maximum atomic E-state index is 13.7. The number of rotatable bonds is 7. The number of methoxy groups -OCH3 is 1. The number of nitrogens with zero attached hydrogens (tertiary/aromatic N) is 1. The van der Waals surface area contributed by atoms with Gasteiger partial charge in [0, 0.05) is 25.9 Å². The van der Waals surface area contributed by atoms with Crippen LogP contribution < -0.4 is 5.73 Å². The molecule has 0 aliphatic heterocycles. The van der Waals surface area contributed by atoms with Crippen molar-refractivity contribution < 1.29 is 21.9 Å². The molecule has 8 heteroatoms. The van der Waals surface area contributed by atoms with E-state index in [1.807, 2.05) is 0 Å². The van der Waals surface area contributed by atoms with Crippen molar-refractivity contribution >= 4 is 15.7 Å². The summed E-state index contributed by atoms with van der Waals surface area (Å²) in [6, 6.07) is 1.52. The van der Waals surface area contributed by atoms with Crippen molar-refractivity contribution in [3.8, 4) is 0 Å². The summed E-state index contributed by atoms with van der Waals surface area (Å²) in [5.41, 5.74) is 5.07. The van der Waals surface area contributed by atoms with Crippen molar-refractivity contribution in [1.82, 2.24) is 4.31 Å². The molecule has 1 rings (SSSR count). The van der Waals surface area contributed by atoms with Gasteiger partial charge in [-0.3, -0.25) is 0 Å². The summed E-state index contributed by atoms with van der Waals surface area (Å²) in [5, 5.41) is 0. The van der Waals surface area contributed by atoms with Crippen LogP contribution in [-0.4, -0.2) is 39.5 Å². The number of anilines is 1. The van der Waals surface area contributed by atoms with Crippen LogP contribution in [0.1, 0.15) is 0 Å². The molecule has 1 aromatic carbocycles. The van der Waals surface area contributed by atoms with E-state index in [1.165, 1.54) is 13.2 Å². The fourth-order valence-electron chi connectivity index (χ4n) is 1.60. The van der Waals surface area contributed by atoms with Crippen LogP contribution in [0.3, 0.4) is 0 Å². The molecule has 1 aromatic rings. The third kappa shape index (κ3) is 3.53. The Bertz CT molecular complexity index is 567. The number of nitrogens with two attached hydrogens (primary N) is 1. The largest absolute Gasteiger partial charge is 0.399 e. The Morgan fingerprint density at radius 3 is 2.40 bits per heavy atom. The summed E-state index contributed by atoms with van der Waals surface area (Å²) in [7, 11) is -2.95. The van der Waals surface area contributed by atoms with Gasteiger partial charge in [0.25, 0.3) is 0 Å². The fraction of sp³-hybridized carbons (Fsp3) is 0.333. The average molecular weight is 306 g/mol. The number of benzene rings is 1. The Labute approximate surface area is 116 Å². The van der Waals surface area contributed by atoms with Gasteiger partial charge in [0.1, 0.15) is 11.6 Å². The molecule has 0 aromatic heterocycles. The molecule has 5 nitrogen and oxygen atoms in total. The van der Waals surface area contributed by atoms with Crippen LogP contribution >= 0.6 is 0 Å². The molecule has 2 N–H and O–H groups in total. The molecule has 0 aliphatic carbocycles. The molecule has 0 saturated heterocycles. The van der Waals surface area contributed by atoms with Gasteiger partial charge in [0.15, 0.2) is 4.90 Å². The Balaban J connectivity index is 3.29. The summed E-state index contributed by atoms with van der Waals surface area (Å²) in [5.74, 6) is -2.46. The van der Waals surface area contributed by atoms with Gasteiger partial charge in [-0.15, -0.1) is 6.58 Å². The van der Waals surface area contributed by atoms with Gasteiger partial charge in [0.05, 0.1) is 6.61 Å². The van der Waals surface area contributed by atoms with Gasteiger partial charge in [-0.25, -0.2) is 17.2 Å². The van der Waals surface area contributed by atoms with Crippen molar-refractivity contribution in [2.75, 3.05) is 32.5 Å². The average Bonchev–Trinajstić information content (AvgIpc) is 2.32. The lowest BCUT2D eigenvalue weighted by atomic mass is 10.3. The van der Waals surface area contributed by atoms with Gasteiger partial charge in [-0.1, -0.05) is 6.08 Å². The zero-order valence-corrected chi connectivity index (χ0v) is 11.8. The first-order valence-electron chi connectivity index (χ1n) is 5.69. The van der Waals surface area contributed by atoms with Crippen molar-refractivity contribution in [2.45, 2.75) is 4.90 Å². The van der Waals surface area contributed by atoms with Crippen LogP contribution in [0.15, 0.2) is 29.7 Å². The van der Waals surface area contributed by atoms with E-state index < -0.39 is 26.6 Å². The van der Waals surface area contributed by atoms with Crippen LogP contribution in [-0.2, 0) is 14.8 Å². The van der Waals surface area contributed by atoms with Crippen LogP contribution in [0.5, 0.6) is 0 Å². The molecule has 0 saturated carbocycles. The van der Waals surface area contributed by atoms with E-state index in [1.54, 1.807) is 0 Å². The molecule has 0 aliphatic rings. The lowest BCUT2D eigenvalue weighted by Crippen LogP contribution is -2.35. The van der Waals surface area contributed by atoms with Crippen molar-refractivity contribution in [3.05, 3.63) is 36.4 Å². The van der Waals surface area contributed by atoms with Crippen LogP contribution in [0.2, 0.25) is 0 Å². The highest BCUT2D eigenvalue weighted by molar-refractivity contribution is 7.89. The molecule has 0 amide bonds. The highest BCUT2D eigenvalue weighted by Gasteiger charge is 2.30. The lowest BCUT2D eigenvalue weighted by molar-refractivity contribution is 0.181. The molecule has 20 heavy (non-hydrogen) atoms. The smallest absolute Gasteiger partial charge is 0.249 e. The van der Waals surface area contributed by atoms with E-state index >= 15 is 0 Å². The molecule has 0 fully saturated rings. The molecular weight excluding hydrogens is 290 g/mol. The summed E-state index contributed by atoms with van der Waals surface area (Å²) in [4.78, 5) is -1.02. The third-order valence-corrected chi connectivity index (χ3v) is 4.41. The Morgan fingerprint density at radius 1 is 1.40 bits per heavy atom. The highest BCUT2D eigenvalue weighted by Crippen LogP contribution is 2.24. The van der Waals surface area contributed by atoms with Gasteiger partial charge in [-0.2, -0.15) is 4.31 Å². The minimum atomic E-state index is -4.34. The first-order chi connectivity index (χ1) is 9.34. The fourth-order valence-corrected chi connectivity index (χ4v) is 3.09. The van der Waals surface area contributed by atoms with E-state index in [2.05, 4.69) is 6.58 Å². The zero-order chi connectivity index (χ0) is 15.3. The molecule has 0 atom stereocenters. The highest BCUT2D eigenvalue weighted by atomic mass is 32.2. The van der Waals surface area contributed by atoms with Crippen LogP contribution in [0.25, 0.3) is 0 Å². The molecular formula is C12H16F2N2O3S. The van der Waals surface area contributed by atoms with Crippen molar-refractivity contribution in [2.24, 2.45) is 0 Å². The normalized spacial score (nSPS) is 11.8. The first kappa shape index (κ1) is 16.5. The predicted molar refractivity (Wildman–Crippen MR) is 71.6 cm³/mol. The van der Waals surface area contributed by atoms with E-state index in [4.69, 9.17) is 10.5 Å². The van der Waals surface area contributed by atoms with Crippen molar-refractivity contribution in [1.29, 1.82) is 0 Å². The molecule has 0 spiro atoms. The number of nitrogen functional groups attached to an aromatic ring is 1. The second-order valence-corrected chi connectivity index (χ2v) is 5.83. The second-order valence-electron chi connectivity index (χ2n) is 3.96. The molecule has 0 heterocycles. The van der Waals surface area contributed by atoms with Gasteiger partial charge in [-0.05, 0) is 12.1 Å². The Kier molecular flexibility index (Phi) is 5.61.